The molecular formula is C17H26N6O. The van der Waals surface area contributed by atoms with Crippen LogP contribution in [0.3, 0.4) is 0 Å². The number of piperidine rings is 1. The number of hydrogen-bond acceptors (Lipinski definition) is 5. The molecule has 0 spiro atoms. The van der Waals surface area contributed by atoms with Gasteiger partial charge < -0.3 is 15.2 Å². The molecular weight excluding hydrogens is 304 g/mol. The smallest absolute Gasteiger partial charge is 0.290 e. The van der Waals surface area contributed by atoms with Gasteiger partial charge in [-0.1, -0.05) is 0 Å². The maximum Gasteiger partial charge on any atom is 0.290 e. The third-order valence-electron chi connectivity index (χ3n) is 4.33. The second-order valence-corrected chi connectivity index (χ2v) is 7.37. The summed E-state index contributed by atoms with van der Waals surface area (Å²) in [5, 5.41) is 8.02. The van der Waals surface area contributed by atoms with Crippen LogP contribution in [-0.2, 0) is 12.1 Å². The molecule has 1 atom stereocenters. The van der Waals surface area contributed by atoms with Crippen LogP contribution in [-0.4, -0.2) is 38.9 Å². The van der Waals surface area contributed by atoms with Crippen molar-refractivity contribution >= 4 is 5.82 Å². The first-order chi connectivity index (χ1) is 11.4. The summed E-state index contributed by atoms with van der Waals surface area (Å²) in [5.41, 5.74) is 1.06. The molecule has 3 heterocycles. The molecule has 0 aromatic carbocycles. The van der Waals surface area contributed by atoms with Crippen LogP contribution in [0.5, 0.6) is 0 Å². The molecule has 7 heteroatoms. The zero-order valence-corrected chi connectivity index (χ0v) is 14.6. The first-order valence-corrected chi connectivity index (χ1v) is 8.49. The molecule has 0 amide bonds. The summed E-state index contributed by atoms with van der Waals surface area (Å²) < 4.78 is 1.99. The minimum Gasteiger partial charge on any atom is -0.350 e. The number of nitrogens with zero attached hydrogens (tertiary/aromatic N) is 4. The third kappa shape index (κ3) is 3.84. The van der Waals surface area contributed by atoms with Gasteiger partial charge in [0, 0.05) is 49.8 Å². The molecule has 1 fully saturated rings. The van der Waals surface area contributed by atoms with Gasteiger partial charge in [-0.3, -0.25) is 9.48 Å². The first kappa shape index (κ1) is 16.7. The van der Waals surface area contributed by atoms with Gasteiger partial charge in [-0.05, 0) is 33.6 Å². The van der Waals surface area contributed by atoms with Crippen LogP contribution < -0.4 is 15.8 Å². The van der Waals surface area contributed by atoms with Crippen molar-refractivity contribution in [1.29, 1.82) is 0 Å². The topological polar surface area (TPSA) is 78.8 Å². The van der Waals surface area contributed by atoms with E-state index in [0.29, 0.717) is 11.9 Å². The van der Waals surface area contributed by atoms with E-state index in [-0.39, 0.29) is 11.1 Å². The van der Waals surface area contributed by atoms with Crippen molar-refractivity contribution in [3.05, 3.63) is 40.7 Å². The van der Waals surface area contributed by atoms with E-state index < -0.39 is 0 Å². The van der Waals surface area contributed by atoms with Gasteiger partial charge in [-0.2, -0.15) is 5.10 Å². The van der Waals surface area contributed by atoms with E-state index in [1.54, 1.807) is 12.4 Å². The van der Waals surface area contributed by atoms with Crippen molar-refractivity contribution in [2.75, 3.05) is 18.0 Å². The summed E-state index contributed by atoms with van der Waals surface area (Å²) in [5.74, 6) is 0.518. The Labute approximate surface area is 142 Å². The molecule has 0 unspecified atom stereocenters. The fourth-order valence-electron chi connectivity index (χ4n) is 2.99. The number of H-pyrrole nitrogens is 1. The standard InChI is InChI=1S/C17H26N6O/c1-17(2,3)23-11-13(10-21-23)9-20-14-5-4-8-22(12-14)15-16(24)19-7-6-18-15/h6-7,10-11,14,20H,4-5,8-9,12H2,1-3H3,(H,19,24)/t14-/m1/s1. The fourth-order valence-corrected chi connectivity index (χ4v) is 2.99. The highest BCUT2D eigenvalue weighted by Gasteiger charge is 2.22. The SMILES string of the molecule is CC(C)(C)n1cc(CN[C@@H]2CCCN(c3ncc[nH]c3=O)C2)cn1. The Kier molecular flexibility index (Phi) is 4.71. The average Bonchev–Trinajstić information content (AvgIpc) is 3.03. The van der Waals surface area contributed by atoms with E-state index >= 15 is 0 Å². The Morgan fingerprint density at radius 3 is 2.96 bits per heavy atom. The zero-order chi connectivity index (χ0) is 17.2. The Hall–Kier alpha value is -2.15. The van der Waals surface area contributed by atoms with E-state index in [2.05, 4.69) is 52.3 Å². The third-order valence-corrected chi connectivity index (χ3v) is 4.33. The Morgan fingerprint density at radius 2 is 2.25 bits per heavy atom. The summed E-state index contributed by atoms with van der Waals surface area (Å²) in [7, 11) is 0. The summed E-state index contributed by atoms with van der Waals surface area (Å²) in [6.45, 7) is 8.88. The maximum atomic E-state index is 11.9. The van der Waals surface area contributed by atoms with Crippen LogP contribution in [0.4, 0.5) is 5.82 Å². The molecule has 1 aliphatic rings. The Balaban J connectivity index is 1.59. The average molecular weight is 330 g/mol. The van der Waals surface area contributed by atoms with Gasteiger partial charge in [0.05, 0.1) is 11.7 Å². The molecule has 7 nitrogen and oxygen atoms in total. The van der Waals surface area contributed by atoms with Crippen molar-refractivity contribution in [3.8, 4) is 0 Å². The van der Waals surface area contributed by atoms with Gasteiger partial charge in [0.25, 0.3) is 5.56 Å². The van der Waals surface area contributed by atoms with Gasteiger partial charge in [0.15, 0.2) is 5.82 Å². The molecule has 1 saturated heterocycles. The number of aromatic amines is 1. The van der Waals surface area contributed by atoms with E-state index in [4.69, 9.17) is 0 Å². The lowest BCUT2D eigenvalue weighted by atomic mass is 10.1. The van der Waals surface area contributed by atoms with Crippen molar-refractivity contribution in [3.63, 3.8) is 0 Å². The molecule has 0 bridgehead atoms. The second kappa shape index (κ2) is 6.76. The number of aromatic nitrogens is 4. The normalized spacial score (nSPS) is 18.8. The number of hydrogen-bond donors (Lipinski definition) is 2. The van der Waals surface area contributed by atoms with Gasteiger partial charge in [-0.15, -0.1) is 0 Å². The van der Waals surface area contributed by atoms with E-state index in [1.165, 1.54) is 5.56 Å². The number of nitrogens with one attached hydrogen (secondary N) is 2. The quantitative estimate of drug-likeness (QED) is 0.888. The van der Waals surface area contributed by atoms with Gasteiger partial charge in [-0.25, -0.2) is 4.98 Å². The second-order valence-electron chi connectivity index (χ2n) is 7.37. The van der Waals surface area contributed by atoms with Crippen molar-refractivity contribution in [2.24, 2.45) is 0 Å². The Bertz CT molecular complexity index is 729. The molecule has 0 radical (unpaired) electrons. The monoisotopic (exact) mass is 330 g/mol. The van der Waals surface area contributed by atoms with Crippen molar-refractivity contribution in [1.82, 2.24) is 25.1 Å². The van der Waals surface area contributed by atoms with Gasteiger partial charge >= 0.3 is 0 Å². The molecule has 3 rings (SSSR count). The summed E-state index contributed by atoms with van der Waals surface area (Å²) in [6, 6.07) is 0.346. The number of anilines is 1. The van der Waals surface area contributed by atoms with Crippen LogP contribution in [0.25, 0.3) is 0 Å². The van der Waals surface area contributed by atoms with Crippen LogP contribution >= 0.6 is 0 Å². The van der Waals surface area contributed by atoms with Crippen LogP contribution in [0.1, 0.15) is 39.2 Å². The van der Waals surface area contributed by atoms with Crippen molar-refractivity contribution < 1.29 is 0 Å². The first-order valence-electron chi connectivity index (χ1n) is 8.49. The van der Waals surface area contributed by atoms with E-state index in [9.17, 15) is 4.79 Å². The summed E-state index contributed by atoms with van der Waals surface area (Å²) in [4.78, 5) is 20.9. The molecule has 2 aromatic rings. The number of rotatable bonds is 4. The lowest BCUT2D eigenvalue weighted by molar-refractivity contribution is 0.355. The lowest BCUT2D eigenvalue weighted by Gasteiger charge is -2.33. The zero-order valence-electron chi connectivity index (χ0n) is 14.6. The van der Waals surface area contributed by atoms with Crippen LogP contribution in [0.2, 0.25) is 0 Å². The highest BCUT2D eigenvalue weighted by atomic mass is 16.1. The maximum absolute atomic E-state index is 11.9. The van der Waals surface area contributed by atoms with Gasteiger partial charge in [0.1, 0.15) is 0 Å². The molecule has 1 aliphatic heterocycles. The Morgan fingerprint density at radius 1 is 1.42 bits per heavy atom. The molecule has 24 heavy (non-hydrogen) atoms. The highest BCUT2D eigenvalue weighted by Crippen LogP contribution is 2.16. The summed E-state index contributed by atoms with van der Waals surface area (Å²) in [6.07, 6.45) is 9.37. The van der Waals surface area contributed by atoms with Crippen LogP contribution in [0, 0.1) is 0 Å². The predicted molar refractivity (Wildman–Crippen MR) is 94.2 cm³/mol. The largest absolute Gasteiger partial charge is 0.350 e. The molecule has 0 saturated carbocycles. The van der Waals surface area contributed by atoms with E-state index in [1.807, 2.05) is 10.9 Å². The molecule has 130 valence electrons. The van der Waals surface area contributed by atoms with Crippen LogP contribution in [0.15, 0.2) is 29.6 Å². The van der Waals surface area contributed by atoms with Gasteiger partial charge in [0.2, 0.25) is 0 Å². The molecule has 0 aliphatic carbocycles. The lowest BCUT2D eigenvalue weighted by Crippen LogP contribution is -2.47. The summed E-state index contributed by atoms with van der Waals surface area (Å²) >= 11 is 0. The minimum absolute atomic E-state index is 0.000106. The minimum atomic E-state index is -0.121. The van der Waals surface area contributed by atoms with Crippen molar-refractivity contribution in [2.45, 2.75) is 51.7 Å². The van der Waals surface area contributed by atoms with E-state index in [0.717, 1.165) is 32.5 Å². The predicted octanol–water partition coefficient (Wildman–Crippen LogP) is 1.48. The molecule has 2 aromatic heterocycles. The fraction of sp³-hybridized carbons (Fsp3) is 0.588. The highest BCUT2D eigenvalue weighted by molar-refractivity contribution is 5.36. The molecule has 2 N–H and O–H groups in total.